The van der Waals surface area contributed by atoms with Gasteiger partial charge in [0.25, 0.3) is 5.91 Å². The van der Waals surface area contributed by atoms with E-state index in [4.69, 9.17) is 4.52 Å². The molecule has 1 amide bonds. The first kappa shape index (κ1) is 18.3. The second kappa shape index (κ2) is 7.53. The van der Waals surface area contributed by atoms with E-state index in [1.54, 1.807) is 18.7 Å². The molecule has 0 radical (unpaired) electrons. The highest BCUT2D eigenvalue weighted by atomic mass is 16.5. The Balaban J connectivity index is 1.59. The molecular weight excluding hydrogens is 356 g/mol. The molecule has 0 aromatic carbocycles. The summed E-state index contributed by atoms with van der Waals surface area (Å²) in [4.78, 5) is 23.7. The fourth-order valence-corrected chi connectivity index (χ4v) is 3.88. The van der Waals surface area contributed by atoms with Crippen LogP contribution in [-0.2, 0) is 6.54 Å². The van der Waals surface area contributed by atoms with Gasteiger partial charge in [0.1, 0.15) is 6.33 Å². The molecule has 8 heteroatoms. The zero-order valence-electron chi connectivity index (χ0n) is 16.4. The third kappa shape index (κ3) is 3.30. The van der Waals surface area contributed by atoms with E-state index >= 15 is 0 Å². The average Bonchev–Trinajstić information content (AvgIpc) is 3.33. The molecule has 0 aliphatic carbocycles. The summed E-state index contributed by atoms with van der Waals surface area (Å²) in [6.07, 6.45) is 6.89. The molecule has 4 rings (SSSR count). The fraction of sp³-hybridized carbons (Fsp3) is 0.450. The number of hydrogen-bond acceptors (Lipinski definition) is 6. The SMILES string of the molecule is CCn1ncc(C(=O)N2CCC[C@@H](c3ncncc3-c3cc(C)no3)C2)c1C. The molecule has 1 atom stereocenters. The van der Waals surface area contributed by atoms with Gasteiger partial charge < -0.3 is 9.42 Å². The van der Waals surface area contributed by atoms with Crippen molar-refractivity contribution in [3.8, 4) is 11.3 Å². The lowest BCUT2D eigenvalue weighted by atomic mass is 9.91. The van der Waals surface area contributed by atoms with Gasteiger partial charge in [-0.3, -0.25) is 9.48 Å². The molecule has 0 unspecified atom stereocenters. The second-order valence-corrected chi connectivity index (χ2v) is 7.20. The van der Waals surface area contributed by atoms with E-state index in [1.165, 1.54) is 0 Å². The fourth-order valence-electron chi connectivity index (χ4n) is 3.88. The van der Waals surface area contributed by atoms with Crippen LogP contribution in [0.3, 0.4) is 0 Å². The molecular formula is C20H24N6O2. The van der Waals surface area contributed by atoms with Gasteiger partial charge in [0.05, 0.1) is 28.7 Å². The highest BCUT2D eigenvalue weighted by molar-refractivity contribution is 5.95. The Morgan fingerprint density at radius 3 is 2.89 bits per heavy atom. The predicted molar refractivity (Wildman–Crippen MR) is 103 cm³/mol. The summed E-state index contributed by atoms with van der Waals surface area (Å²) < 4.78 is 7.29. The van der Waals surface area contributed by atoms with Crippen molar-refractivity contribution in [1.29, 1.82) is 0 Å². The quantitative estimate of drug-likeness (QED) is 0.691. The number of aromatic nitrogens is 5. The van der Waals surface area contributed by atoms with Crippen molar-refractivity contribution >= 4 is 5.91 Å². The number of rotatable bonds is 4. The van der Waals surface area contributed by atoms with Gasteiger partial charge in [-0.25, -0.2) is 9.97 Å². The highest BCUT2D eigenvalue weighted by Crippen LogP contribution is 2.33. The lowest BCUT2D eigenvalue weighted by Gasteiger charge is -2.33. The molecule has 0 spiro atoms. The first-order valence-corrected chi connectivity index (χ1v) is 9.63. The van der Waals surface area contributed by atoms with Crippen LogP contribution in [0, 0.1) is 13.8 Å². The minimum Gasteiger partial charge on any atom is -0.356 e. The zero-order chi connectivity index (χ0) is 19.7. The van der Waals surface area contributed by atoms with Crippen molar-refractivity contribution < 1.29 is 9.32 Å². The van der Waals surface area contributed by atoms with Gasteiger partial charge in [-0.05, 0) is 33.6 Å². The van der Waals surface area contributed by atoms with Crippen LogP contribution in [-0.4, -0.2) is 48.8 Å². The van der Waals surface area contributed by atoms with Gasteiger partial charge in [-0.15, -0.1) is 0 Å². The van der Waals surface area contributed by atoms with E-state index in [-0.39, 0.29) is 11.8 Å². The maximum atomic E-state index is 13.1. The third-order valence-electron chi connectivity index (χ3n) is 5.36. The minimum absolute atomic E-state index is 0.0352. The summed E-state index contributed by atoms with van der Waals surface area (Å²) >= 11 is 0. The van der Waals surface area contributed by atoms with Gasteiger partial charge in [-0.2, -0.15) is 5.10 Å². The zero-order valence-corrected chi connectivity index (χ0v) is 16.4. The van der Waals surface area contributed by atoms with E-state index in [0.717, 1.165) is 48.6 Å². The molecule has 1 saturated heterocycles. The summed E-state index contributed by atoms with van der Waals surface area (Å²) in [6, 6.07) is 1.89. The number of carbonyl (C=O) groups is 1. The van der Waals surface area contributed by atoms with Crippen LogP contribution in [0.1, 0.15) is 53.1 Å². The lowest BCUT2D eigenvalue weighted by molar-refractivity contribution is 0.0705. The molecule has 3 aromatic rings. The molecule has 1 aliphatic rings. The van der Waals surface area contributed by atoms with Crippen LogP contribution < -0.4 is 0 Å². The summed E-state index contributed by atoms with van der Waals surface area (Å²) in [5.41, 5.74) is 4.15. The number of piperidine rings is 1. The summed E-state index contributed by atoms with van der Waals surface area (Å²) in [6.45, 7) is 7.96. The average molecular weight is 380 g/mol. The van der Waals surface area contributed by atoms with Crippen molar-refractivity contribution in [2.75, 3.05) is 13.1 Å². The number of amides is 1. The highest BCUT2D eigenvalue weighted by Gasteiger charge is 2.30. The van der Waals surface area contributed by atoms with Gasteiger partial charge in [-0.1, -0.05) is 5.16 Å². The Morgan fingerprint density at radius 2 is 2.18 bits per heavy atom. The maximum Gasteiger partial charge on any atom is 0.257 e. The lowest BCUT2D eigenvalue weighted by Crippen LogP contribution is -2.39. The molecule has 0 N–H and O–H groups in total. The van der Waals surface area contributed by atoms with Crippen LogP contribution in [0.5, 0.6) is 0 Å². The molecule has 1 aliphatic heterocycles. The van der Waals surface area contributed by atoms with Crippen LogP contribution >= 0.6 is 0 Å². The number of nitrogens with zero attached hydrogens (tertiary/aromatic N) is 6. The molecule has 0 bridgehead atoms. The monoisotopic (exact) mass is 380 g/mol. The number of likely N-dealkylation sites (tertiary alicyclic amines) is 1. The molecule has 146 valence electrons. The molecule has 8 nitrogen and oxygen atoms in total. The number of aryl methyl sites for hydroxylation is 2. The smallest absolute Gasteiger partial charge is 0.257 e. The van der Waals surface area contributed by atoms with Gasteiger partial charge in [0.2, 0.25) is 0 Å². The predicted octanol–water partition coefficient (Wildman–Crippen LogP) is 2.98. The van der Waals surface area contributed by atoms with Crippen LogP contribution in [0.2, 0.25) is 0 Å². The van der Waals surface area contributed by atoms with Crippen LogP contribution in [0.15, 0.2) is 29.3 Å². The minimum atomic E-state index is 0.0352. The summed E-state index contributed by atoms with van der Waals surface area (Å²) in [5, 5.41) is 8.29. The molecule has 28 heavy (non-hydrogen) atoms. The normalized spacial score (nSPS) is 17.1. The summed E-state index contributed by atoms with van der Waals surface area (Å²) in [5.74, 6) is 0.826. The standard InChI is InChI=1S/C20H24N6O2/c1-4-26-14(3)16(10-23-26)20(27)25-7-5-6-15(11-25)19-17(9-21-12-22-19)18-8-13(2)24-28-18/h8-10,12,15H,4-7,11H2,1-3H3/t15-/m1/s1. The molecule has 4 heterocycles. The van der Waals surface area contributed by atoms with Crippen molar-refractivity contribution in [3.05, 3.63) is 47.4 Å². The van der Waals surface area contributed by atoms with Crippen molar-refractivity contribution in [1.82, 2.24) is 29.8 Å². The second-order valence-electron chi connectivity index (χ2n) is 7.20. The van der Waals surface area contributed by atoms with Crippen molar-refractivity contribution in [2.24, 2.45) is 0 Å². The Bertz CT molecular complexity index is 992. The Hall–Kier alpha value is -3.03. The number of hydrogen-bond donors (Lipinski definition) is 0. The Kier molecular flexibility index (Phi) is 4.93. The topological polar surface area (TPSA) is 89.9 Å². The van der Waals surface area contributed by atoms with Crippen LogP contribution in [0.25, 0.3) is 11.3 Å². The van der Waals surface area contributed by atoms with E-state index in [0.29, 0.717) is 17.9 Å². The van der Waals surface area contributed by atoms with Gasteiger partial charge >= 0.3 is 0 Å². The first-order chi connectivity index (χ1) is 13.6. The van der Waals surface area contributed by atoms with Crippen molar-refractivity contribution in [2.45, 2.75) is 46.1 Å². The third-order valence-corrected chi connectivity index (χ3v) is 5.36. The Labute approximate surface area is 163 Å². The van der Waals surface area contributed by atoms with E-state index in [9.17, 15) is 4.79 Å². The van der Waals surface area contributed by atoms with E-state index in [1.807, 2.05) is 36.4 Å². The van der Waals surface area contributed by atoms with Crippen molar-refractivity contribution in [3.63, 3.8) is 0 Å². The molecule has 3 aromatic heterocycles. The Morgan fingerprint density at radius 1 is 1.32 bits per heavy atom. The van der Waals surface area contributed by atoms with E-state index < -0.39 is 0 Å². The number of carbonyl (C=O) groups excluding carboxylic acids is 1. The molecule has 1 fully saturated rings. The first-order valence-electron chi connectivity index (χ1n) is 9.63. The van der Waals surface area contributed by atoms with Gasteiger partial charge in [0, 0.05) is 43.5 Å². The largest absolute Gasteiger partial charge is 0.356 e. The molecule has 0 saturated carbocycles. The van der Waals surface area contributed by atoms with Gasteiger partial charge in [0.15, 0.2) is 5.76 Å². The van der Waals surface area contributed by atoms with E-state index in [2.05, 4.69) is 20.2 Å². The van der Waals surface area contributed by atoms with Crippen LogP contribution in [0.4, 0.5) is 0 Å². The summed E-state index contributed by atoms with van der Waals surface area (Å²) in [7, 11) is 0. The maximum absolute atomic E-state index is 13.1.